The lowest BCUT2D eigenvalue weighted by atomic mass is 9.86. The van der Waals surface area contributed by atoms with Crippen LogP contribution in [0.3, 0.4) is 0 Å². The summed E-state index contributed by atoms with van der Waals surface area (Å²) in [6.45, 7) is 0. The first-order valence-corrected chi connectivity index (χ1v) is 17.7. The van der Waals surface area contributed by atoms with Crippen LogP contribution in [0.15, 0.2) is 174 Å². The van der Waals surface area contributed by atoms with Crippen LogP contribution in [-0.4, -0.2) is 4.57 Å². The Labute approximate surface area is 295 Å². The molecule has 2 aromatic heterocycles. The Morgan fingerprint density at radius 3 is 1.94 bits per heavy atom. The number of fused-ring (bicyclic) bond motifs is 9. The minimum absolute atomic E-state index is 0.383. The molecule has 0 amide bonds. The lowest BCUT2D eigenvalue weighted by Gasteiger charge is -2.26. The van der Waals surface area contributed by atoms with Gasteiger partial charge in [-0.25, -0.2) is 0 Å². The molecule has 11 rings (SSSR count). The van der Waals surface area contributed by atoms with Crippen LogP contribution in [0.25, 0.3) is 66.9 Å². The zero-order valence-corrected chi connectivity index (χ0v) is 27.8. The second kappa shape index (κ2) is 11.0. The topological polar surface area (TPSA) is 21.3 Å². The first kappa shape index (κ1) is 28.3. The first-order valence-electron chi connectivity index (χ1n) is 17.7. The largest absolute Gasteiger partial charge is 0.456 e. The molecule has 0 N–H and O–H groups in total. The van der Waals surface area contributed by atoms with Crippen LogP contribution in [0.5, 0.6) is 0 Å². The molecule has 1 atom stereocenters. The third kappa shape index (κ3) is 4.31. The van der Waals surface area contributed by atoms with Crippen molar-refractivity contribution in [1.82, 2.24) is 4.57 Å². The molecule has 3 heteroatoms. The van der Waals surface area contributed by atoms with E-state index >= 15 is 0 Å². The van der Waals surface area contributed by atoms with E-state index in [4.69, 9.17) is 4.42 Å². The van der Waals surface area contributed by atoms with Gasteiger partial charge in [0.05, 0.1) is 5.52 Å². The molecule has 0 saturated heterocycles. The van der Waals surface area contributed by atoms with Crippen molar-refractivity contribution < 1.29 is 4.42 Å². The van der Waals surface area contributed by atoms with Crippen LogP contribution in [0, 0.1) is 0 Å². The smallest absolute Gasteiger partial charge is 0.137 e. The van der Waals surface area contributed by atoms with Crippen molar-refractivity contribution in [3.8, 4) is 27.9 Å². The van der Waals surface area contributed by atoms with Gasteiger partial charge in [0.15, 0.2) is 0 Å². The van der Waals surface area contributed by atoms with Gasteiger partial charge in [-0.1, -0.05) is 109 Å². The molecular weight excluding hydrogens is 621 g/mol. The van der Waals surface area contributed by atoms with Crippen LogP contribution < -0.4 is 4.90 Å². The van der Waals surface area contributed by atoms with E-state index in [1.54, 1.807) is 0 Å². The average Bonchev–Trinajstić information content (AvgIpc) is 3.86. The summed E-state index contributed by atoms with van der Waals surface area (Å²) in [4.78, 5) is 2.32. The Kier molecular flexibility index (Phi) is 6.08. The van der Waals surface area contributed by atoms with Crippen LogP contribution in [-0.2, 0) is 0 Å². The lowest BCUT2D eigenvalue weighted by molar-refractivity contribution is 0.669. The van der Waals surface area contributed by atoms with Gasteiger partial charge in [-0.2, -0.15) is 0 Å². The predicted octanol–water partition coefficient (Wildman–Crippen LogP) is 13.2. The third-order valence-corrected chi connectivity index (χ3v) is 10.9. The summed E-state index contributed by atoms with van der Waals surface area (Å²) in [6.07, 6.45) is 5.71. The highest BCUT2D eigenvalue weighted by Gasteiger charge is 2.34. The molecule has 2 aliphatic rings. The molecule has 3 nitrogen and oxygen atoms in total. The van der Waals surface area contributed by atoms with E-state index in [2.05, 4.69) is 173 Å². The fourth-order valence-corrected chi connectivity index (χ4v) is 8.52. The molecule has 0 spiro atoms. The Hall–Kier alpha value is -6.58. The maximum atomic E-state index is 6.34. The van der Waals surface area contributed by atoms with E-state index in [0.717, 1.165) is 45.4 Å². The van der Waals surface area contributed by atoms with Crippen molar-refractivity contribution in [3.05, 3.63) is 187 Å². The van der Waals surface area contributed by atoms with E-state index in [1.165, 1.54) is 55.7 Å². The molecule has 1 aliphatic carbocycles. The average molecular weight is 653 g/mol. The van der Waals surface area contributed by atoms with E-state index in [1.807, 2.05) is 12.1 Å². The second-order valence-corrected chi connectivity index (χ2v) is 13.7. The number of para-hydroxylation sites is 2. The number of furan rings is 1. The van der Waals surface area contributed by atoms with E-state index < -0.39 is 0 Å². The normalized spacial score (nSPS) is 14.3. The molecule has 0 radical (unpaired) electrons. The monoisotopic (exact) mass is 652 g/mol. The number of anilines is 3. The Morgan fingerprint density at radius 2 is 1.14 bits per heavy atom. The standard InChI is InChI=1S/C48H32N2O/c1-2-9-31(10-3-1)32-17-22-35(23-18-32)49(37-26-27-40-39-12-5-7-16-46(39)51-47(40)30-37)36-24-19-33(20-25-36)34-21-28-45-43(29-34)42-14-8-13-41-38-11-4-6-15-44(38)50(45)48(41)42/h1-13,15-30,42H,14H2. The Bertz CT molecular complexity index is 2820. The molecule has 1 unspecified atom stereocenters. The van der Waals surface area contributed by atoms with Crippen LogP contribution in [0.1, 0.15) is 29.2 Å². The molecule has 1 aliphatic heterocycles. The van der Waals surface area contributed by atoms with Gasteiger partial charge in [0.2, 0.25) is 0 Å². The van der Waals surface area contributed by atoms with Crippen molar-refractivity contribution in [1.29, 1.82) is 0 Å². The van der Waals surface area contributed by atoms with Crippen LogP contribution >= 0.6 is 0 Å². The number of hydrogen-bond donors (Lipinski definition) is 0. The SMILES string of the molecule is C1=Cc2c3n(c4ccccc24)-c2ccc(-c4ccc(N(c5ccc(-c6ccccc6)cc5)c5ccc6c(c5)oc5ccccc56)cc4)cc2C3C1. The zero-order valence-electron chi connectivity index (χ0n) is 27.8. The summed E-state index contributed by atoms with van der Waals surface area (Å²) < 4.78 is 8.84. The summed E-state index contributed by atoms with van der Waals surface area (Å²) in [6, 6.07) is 59.1. The van der Waals surface area contributed by atoms with Crippen molar-refractivity contribution >= 4 is 56.0 Å². The second-order valence-electron chi connectivity index (χ2n) is 13.7. The number of rotatable bonds is 5. The fraction of sp³-hybridized carbons (Fsp3) is 0.0417. The number of nitrogens with zero attached hydrogens (tertiary/aromatic N) is 2. The molecule has 240 valence electrons. The van der Waals surface area contributed by atoms with Crippen LogP contribution in [0.4, 0.5) is 17.1 Å². The van der Waals surface area contributed by atoms with E-state index in [0.29, 0.717) is 5.92 Å². The Balaban J connectivity index is 0.991. The highest BCUT2D eigenvalue weighted by Crippen LogP contribution is 2.50. The van der Waals surface area contributed by atoms with E-state index in [9.17, 15) is 0 Å². The molecular formula is C48H32N2O. The maximum absolute atomic E-state index is 6.34. The van der Waals surface area contributed by atoms with Gasteiger partial charge >= 0.3 is 0 Å². The fourth-order valence-electron chi connectivity index (χ4n) is 8.52. The van der Waals surface area contributed by atoms with Gasteiger partial charge in [0.25, 0.3) is 0 Å². The number of hydrogen-bond acceptors (Lipinski definition) is 2. The third-order valence-electron chi connectivity index (χ3n) is 10.9. The summed E-state index contributed by atoms with van der Waals surface area (Å²) in [5, 5.41) is 3.61. The Morgan fingerprint density at radius 1 is 0.510 bits per heavy atom. The molecule has 0 saturated carbocycles. The highest BCUT2D eigenvalue weighted by atomic mass is 16.3. The quantitative estimate of drug-likeness (QED) is 0.184. The molecule has 3 heterocycles. The molecule has 0 fully saturated rings. The maximum Gasteiger partial charge on any atom is 0.137 e. The minimum atomic E-state index is 0.383. The van der Waals surface area contributed by atoms with Gasteiger partial charge in [-0.3, -0.25) is 0 Å². The summed E-state index contributed by atoms with van der Waals surface area (Å²) in [5.41, 5.74) is 16.7. The van der Waals surface area contributed by atoms with Crippen molar-refractivity contribution in [2.75, 3.05) is 4.90 Å². The van der Waals surface area contributed by atoms with Crippen LogP contribution in [0.2, 0.25) is 0 Å². The predicted molar refractivity (Wildman–Crippen MR) is 212 cm³/mol. The number of benzene rings is 7. The van der Waals surface area contributed by atoms with Gasteiger partial charge in [-0.05, 0) is 94.9 Å². The highest BCUT2D eigenvalue weighted by molar-refractivity contribution is 6.06. The summed E-state index contributed by atoms with van der Waals surface area (Å²) in [7, 11) is 0. The molecule has 7 aromatic carbocycles. The molecule has 0 bridgehead atoms. The van der Waals surface area contributed by atoms with Gasteiger partial charge < -0.3 is 13.9 Å². The van der Waals surface area contributed by atoms with Crippen molar-refractivity contribution in [2.45, 2.75) is 12.3 Å². The van der Waals surface area contributed by atoms with Crippen molar-refractivity contribution in [2.24, 2.45) is 0 Å². The molecule has 51 heavy (non-hydrogen) atoms. The van der Waals surface area contributed by atoms with Crippen molar-refractivity contribution in [3.63, 3.8) is 0 Å². The van der Waals surface area contributed by atoms with Gasteiger partial charge in [0.1, 0.15) is 11.2 Å². The minimum Gasteiger partial charge on any atom is -0.456 e. The number of allylic oxidation sites excluding steroid dienone is 1. The van der Waals surface area contributed by atoms with Gasteiger partial charge in [-0.15, -0.1) is 0 Å². The van der Waals surface area contributed by atoms with E-state index in [-0.39, 0.29) is 0 Å². The first-order chi connectivity index (χ1) is 25.3. The zero-order chi connectivity index (χ0) is 33.5. The number of aromatic nitrogens is 1. The molecule has 9 aromatic rings. The summed E-state index contributed by atoms with van der Waals surface area (Å²) >= 11 is 0. The lowest BCUT2D eigenvalue weighted by Crippen LogP contribution is -2.09. The van der Waals surface area contributed by atoms with Gasteiger partial charge in [0, 0.05) is 62.1 Å². The summed E-state index contributed by atoms with van der Waals surface area (Å²) in [5.74, 6) is 0.383.